The van der Waals surface area contributed by atoms with E-state index in [0.717, 1.165) is 0 Å². The number of aliphatic carboxylic acids is 1. The van der Waals surface area contributed by atoms with Crippen molar-refractivity contribution in [2.75, 3.05) is 0 Å². The average Bonchev–Trinajstić information content (AvgIpc) is 2.36. The number of ether oxygens (including phenoxy) is 1. The van der Waals surface area contributed by atoms with Crippen LogP contribution in [0.15, 0.2) is 30.3 Å². The number of hydrogen-bond acceptors (Lipinski definition) is 6. The van der Waals surface area contributed by atoms with Crippen molar-refractivity contribution in [3.8, 4) is 0 Å². The normalized spacial score (nSPS) is 11.1. The predicted octanol–water partition coefficient (Wildman–Crippen LogP) is -3.84. The number of carboxylic acids is 1. The molecule has 1 atom stereocenters. The van der Waals surface area contributed by atoms with Gasteiger partial charge in [0, 0.05) is 5.97 Å². The number of carbonyl (C=O) groups excluding carboxylic acids is 3. The van der Waals surface area contributed by atoms with Crippen LogP contribution in [0.25, 0.3) is 0 Å². The third-order valence-corrected chi connectivity index (χ3v) is 2.37. The first-order chi connectivity index (χ1) is 8.99. The molecule has 1 aromatic carbocycles. The number of benzene rings is 1. The van der Waals surface area contributed by atoms with Crippen LogP contribution in [0, 0.1) is 0 Å². The predicted molar refractivity (Wildman–Crippen MR) is 63.5 cm³/mol. The van der Waals surface area contributed by atoms with Crippen LogP contribution in [-0.4, -0.2) is 23.9 Å². The Bertz CT molecular complexity index is 463. The monoisotopic (exact) mass is 287 g/mol. The second-order valence-corrected chi connectivity index (χ2v) is 3.97. The quantitative estimate of drug-likeness (QED) is 0.326. The van der Waals surface area contributed by atoms with E-state index in [9.17, 15) is 19.5 Å². The molecule has 0 saturated carbocycles. The third-order valence-electron chi connectivity index (χ3n) is 2.37. The average molecular weight is 287 g/mol. The fourth-order valence-electron chi connectivity index (χ4n) is 1.38. The van der Waals surface area contributed by atoms with Gasteiger partial charge < -0.3 is 20.4 Å². The standard InChI is InChI=1S/C13H15NO5.Na/c14-10(6-7-11(15)16)13(18)19-12(17)8-9-4-2-1-3-5-9;/h1-5,10H,6-8,14H2,(H,15,16);/q;+1/p-1. The van der Waals surface area contributed by atoms with E-state index in [1.165, 1.54) is 0 Å². The molecule has 1 unspecified atom stereocenters. The van der Waals surface area contributed by atoms with Gasteiger partial charge in [-0.25, -0.2) is 4.79 Å². The molecule has 0 aliphatic carbocycles. The zero-order chi connectivity index (χ0) is 14.3. The smallest absolute Gasteiger partial charge is 0.550 e. The molecule has 7 heteroatoms. The van der Waals surface area contributed by atoms with Crippen LogP contribution in [0.1, 0.15) is 18.4 Å². The molecule has 102 valence electrons. The van der Waals surface area contributed by atoms with Gasteiger partial charge in [0.05, 0.1) is 6.42 Å². The molecule has 1 aromatic rings. The Labute approximate surface area is 138 Å². The molecular formula is C13H14NNaO5. The van der Waals surface area contributed by atoms with E-state index in [4.69, 9.17) is 5.73 Å². The van der Waals surface area contributed by atoms with Crippen molar-refractivity contribution in [3.63, 3.8) is 0 Å². The van der Waals surface area contributed by atoms with Gasteiger partial charge in [-0.1, -0.05) is 30.3 Å². The van der Waals surface area contributed by atoms with Crippen molar-refractivity contribution in [2.24, 2.45) is 5.73 Å². The van der Waals surface area contributed by atoms with E-state index in [1.54, 1.807) is 30.3 Å². The third kappa shape index (κ3) is 7.40. The van der Waals surface area contributed by atoms with E-state index in [0.29, 0.717) is 5.56 Å². The summed E-state index contributed by atoms with van der Waals surface area (Å²) in [5.41, 5.74) is 6.10. The molecule has 0 amide bonds. The van der Waals surface area contributed by atoms with Crippen LogP contribution in [0.5, 0.6) is 0 Å². The first-order valence-electron chi connectivity index (χ1n) is 5.73. The van der Waals surface area contributed by atoms with Gasteiger partial charge in [0.2, 0.25) is 0 Å². The summed E-state index contributed by atoms with van der Waals surface area (Å²) in [6, 6.07) is 7.63. The summed E-state index contributed by atoms with van der Waals surface area (Å²) in [5, 5.41) is 10.2. The van der Waals surface area contributed by atoms with E-state index in [1.807, 2.05) is 0 Å². The molecule has 2 N–H and O–H groups in total. The van der Waals surface area contributed by atoms with Gasteiger partial charge in [0.25, 0.3) is 0 Å². The van der Waals surface area contributed by atoms with Gasteiger partial charge in [-0.2, -0.15) is 0 Å². The molecule has 0 fully saturated rings. The van der Waals surface area contributed by atoms with Crippen LogP contribution in [-0.2, 0) is 25.5 Å². The fraction of sp³-hybridized carbons (Fsp3) is 0.308. The van der Waals surface area contributed by atoms with Crippen molar-refractivity contribution in [1.82, 2.24) is 0 Å². The number of hydrogen-bond donors (Lipinski definition) is 1. The molecule has 20 heavy (non-hydrogen) atoms. The molecule has 0 spiro atoms. The van der Waals surface area contributed by atoms with Crippen LogP contribution < -0.4 is 40.4 Å². The van der Waals surface area contributed by atoms with E-state index >= 15 is 0 Å². The van der Waals surface area contributed by atoms with Crippen LogP contribution in [0.2, 0.25) is 0 Å². The second kappa shape index (κ2) is 9.66. The Morgan fingerprint density at radius 1 is 1.20 bits per heavy atom. The summed E-state index contributed by atoms with van der Waals surface area (Å²) in [4.78, 5) is 33.0. The molecular weight excluding hydrogens is 273 g/mol. The summed E-state index contributed by atoms with van der Waals surface area (Å²) >= 11 is 0. The maximum Gasteiger partial charge on any atom is 1.00 e. The molecule has 1 rings (SSSR count). The van der Waals surface area contributed by atoms with Crippen molar-refractivity contribution < 1.29 is 53.8 Å². The summed E-state index contributed by atoms with van der Waals surface area (Å²) < 4.78 is 4.53. The maximum absolute atomic E-state index is 11.4. The first-order valence-corrected chi connectivity index (χ1v) is 5.73. The van der Waals surface area contributed by atoms with Crippen molar-refractivity contribution in [2.45, 2.75) is 25.3 Å². The molecule has 0 aliphatic rings. The van der Waals surface area contributed by atoms with Crippen LogP contribution in [0.3, 0.4) is 0 Å². The minimum absolute atomic E-state index is 0. The Kier molecular flexibility index (Phi) is 9.07. The van der Waals surface area contributed by atoms with E-state index < -0.39 is 23.9 Å². The largest absolute Gasteiger partial charge is 1.00 e. The Morgan fingerprint density at radius 3 is 2.35 bits per heavy atom. The molecule has 0 bridgehead atoms. The number of carboxylic acid groups (broad SMARTS) is 1. The van der Waals surface area contributed by atoms with Crippen molar-refractivity contribution >= 4 is 17.9 Å². The topological polar surface area (TPSA) is 110 Å². The molecule has 0 aliphatic heterocycles. The summed E-state index contributed by atoms with van der Waals surface area (Å²) in [6.45, 7) is 0. The Balaban J connectivity index is 0.00000361. The fourth-order valence-corrected chi connectivity index (χ4v) is 1.38. The zero-order valence-corrected chi connectivity index (χ0v) is 13.2. The van der Waals surface area contributed by atoms with Gasteiger partial charge in [0.15, 0.2) is 0 Å². The summed E-state index contributed by atoms with van der Waals surface area (Å²) in [5.74, 6) is -2.96. The van der Waals surface area contributed by atoms with E-state index in [-0.39, 0.29) is 48.8 Å². The van der Waals surface area contributed by atoms with Crippen LogP contribution >= 0.6 is 0 Å². The summed E-state index contributed by atoms with van der Waals surface area (Å²) in [6.07, 6.45) is -0.525. The molecule has 0 saturated heterocycles. The van der Waals surface area contributed by atoms with Gasteiger partial charge in [-0.15, -0.1) is 0 Å². The zero-order valence-electron chi connectivity index (χ0n) is 11.2. The van der Waals surface area contributed by atoms with Gasteiger partial charge in [-0.05, 0) is 18.4 Å². The molecule has 0 radical (unpaired) electrons. The van der Waals surface area contributed by atoms with Gasteiger partial charge in [0.1, 0.15) is 6.04 Å². The number of esters is 2. The number of rotatable bonds is 6. The number of nitrogens with two attached hydrogens (primary N) is 1. The maximum atomic E-state index is 11.4. The summed E-state index contributed by atoms with van der Waals surface area (Å²) in [7, 11) is 0. The minimum atomic E-state index is -1.31. The Hall–Kier alpha value is -1.21. The first kappa shape index (κ1) is 18.8. The van der Waals surface area contributed by atoms with Crippen molar-refractivity contribution in [3.05, 3.63) is 35.9 Å². The van der Waals surface area contributed by atoms with Crippen LogP contribution in [0.4, 0.5) is 0 Å². The molecule has 0 aromatic heterocycles. The SMILES string of the molecule is NC(CCC(=O)[O-])C(=O)OC(=O)Cc1ccccc1.[Na+]. The van der Waals surface area contributed by atoms with Gasteiger partial charge in [-0.3, -0.25) is 4.79 Å². The minimum Gasteiger partial charge on any atom is -0.550 e. The number of carbonyl (C=O) groups is 3. The molecule has 6 nitrogen and oxygen atoms in total. The van der Waals surface area contributed by atoms with E-state index in [2.05, 4.69) is 4.74 Å². The van der Waals surface area contributed by atoms with Gasteiger partial charge >= 0.3 is 41.5 Å². The molecule has 0 heterocycles. The van der Waals surface area contributed by atoms with Crippen molar-refractivity contribution in [1.29, 1.82) is 0 Å². The Morgan fingerprint density at radius 2 is 1.80 bits per heavy atom. The second-order valence-electron chi connectivity index (χ2n) is 3.97.